The summed E-state index contributed by atoms with van der Waals surface area (Å²) in [4.78, 5) is 11.3. The van der Waals surface area contributed by atoms with Crippen LogP contribution in [0, 0.1) is 11.5 Å². The summed E-state index contributed by atoms with van der Waals surface area (Å²) in [7, 11) is -6.59. The molecule has 0 radical (unpaired) electrons. The minimum absolute atomic E-state index is 0.0252. The lowest BCUT2D eigenvalue weighted by molar-refractivity contribution is -0.149. The van der Waals surface area contributed by atoms with Gasteiger partial charge in [-0.15, -0.1) is 11.5 Å². The van der Waals surface area contributed by atoms with Crippen LogP contribution in [0.25, 0.3) is 0 Å². The number of carbonyl (C=O) groups is 1. The molecule has 0 amide bonds. The van der Waals surface area contributed by atoms with E-state index < -0.39 is 35.8 Å². The third-order valence-corrected chi connectivity index (χ3v) is 3.96. The van der Waals surface area contributed by atoms with Crippen LogP contribution >= 0.6 is 0 Å². The molecule has 0 N–H and O–H groups in total. The van der Waals surface area contributed by atoms with Crippen molar-refractivity contribution in [3.05, 3.63) is 0 Å². The SMILES string of the molecule is COC(=O)C(CCC#C[Si](C)(C)C)OS(=O)(=O)C(F)(F)F. The fourth-order valence-corrected chi connectivity index (χ4v) is 2.32. The first kappa shape index (κ1) is 19.9. The summed E-state index contributed by atoms with van der Waals surface area (Å²) in [5.41, 5.74) is -2.66. The lowest BCUT2D eigenvalue weighted by Gasteiger charge is -2.15. The van der Waals surface area contributed by atoms with Gasteiger partial charge < -0.3 is 4.74 Å². The highest BCUT2D eigenvalue weighted by atomic mass is 32.2. The molecule has 122 valence electrons. The number of methoxy groups -OCH3 is 1. The lowest BCUT2D eigenvalue weighted by atomic mass is 10.2. The molecule has 0 aromatic rings. The molecule has 1 unspecified atom stereocenters. The Hall–Kier alpha value is -1.05. The molecule has 0 aliphatic heterocycles. The molecule has 1 atom stereocenters. The Balaban J connectivity index is 4.92. The Morgan fingerprint density at radius 2 is 1.81 bits per heavy atom. The van der Waals surface area contributed by atoms with Crippen molar-refractivity contribution in [2.24, 2.45) is 0 Å². The van der Waals surface area contributed by atoms with Crippen LogP contribution in [0.5, 0.6) is 0 Å². The molecule has 0 spiro atoms. The van der Waals surface area contributed by atoms with E-state index in [-0.39, 0.29) is 12.8 Å². The number of hydrogen-bond acceptors (Lipinski definition) is 5. The Kier molecular flexibility index (Phi) is 6.92. The fourth-order valence-electron chi connectivity index (χ4n) is 1.08. The van der Waals surface area contributed by atoms with Crippen molar-refractivity contribution < 1.29 is 35.3 Å². The van der Waals surface area contributed by atoms with Gasteiger partial charge in [0.2, 0.25) is 0 Å². The van der Waals surface area contributed by atoms with Gasteiger partial charge >= 0.3 is 21.6 Å². The van der Waals surface area contributed by atoms with Gasteiger partial charge in [0.15, 0.2) is 6.10 Å². The summed E-state index contributed by atoms with van der Waals surface area (Å²) in [6.07, 6.45) is -2.14. The van der Waals surface area contributed by atoms with Crippen molar-refractivity contribution in [2.45, 2.75) is 44.1 Å². The van der Waals surface area contributed by atoms with Crippen molar-refractivity contribution in [3.8, 4) is 11.5 Å². The topological polar surface area (TPSA) is 69.7 Å². The zero-order valence-corrected chi connectivity index (χ0v) is 13.9. The van der Waals surface area contributed by atoms with Crippen LogP contribution in [0.3, 0.4) is 0 Å². The minimum atomic E-state index is -5.86. The maximum absolute atomic E-state index is 12.2. The highest BCUT2D eigenvalue weighted by Gasteiger charge is 2.49. The van der Waals surface area contributed by atoms with Crippen molar-refractivity contribution in [3.63, 3.8) is 0 Å². The van der Waals surface area contributed by atoms with Gasteiger partial charge in [-0.05, 0) is 6.42 Å². The standard InChI is InChI=1S/C11H17F3O5SSi/c1-18-10(15)9(7-5-6-8-21(2,3)4)19-20(16,17)11(12,13)14/h9H,5,7H2,1-4H3. The second-order valence-corrected chi connectivity index (χ2v) is 11.4. The number of hydrogen-bond donors (Lipinski definition) is 0. The number of esters is 1. The van der Waals surface area contributed by atoms with Crippen LogP contribution in [0.2, 0.25) is 19.6 Å². The summed E-state index contributed by atoms with van der Waals surface area (Å²) in [5.74, 6) is 1.51. The number of ether oxygens (including phenoxy) is 1. The predicted octanol–water partition coefficient (Wildman–Crippen LogP) is 2.06. The molecule has 0 heterocycles. The van der Waals surface area contributed by atoms with Gasteiger partial charge in [0.1, 0.15) is 8.07 Å². The molecule has 0 fully saturated rings. The Morgan fingerprint density at radius 3 is 2.19 bits per heavy atom. The summed E-state index contributed by atoms with van der Waals surface area (Å²) in [6.45, 7) is 5.88. The van der Waals surface area contributed by atoms with Gasteiger partial charge in [0, 0.05) is 6.42 Å². The highest BCUT2D eigenvalue weighted by Crippen LogP contribution is 2.26. The van der Waals surface area contributed by atoms with E-state index in [4.69, 9.17) is 0 Å². The minimum Gasteiger partial charge on any atom is -0.467 e. The van der Waals surface area contributed by atoms with Crippen molar-refractivity contribution in [1.29, 1.82) is 0 Å². The van der Waals surface area contributed by atoms with Crippen LogP contribution in [0.4, 0.5) is 13.2 Å². The van der Waals surface area contributed by atoms with Crippen LogP contribution in [-0.2, 0) is 23.8 Å². The number of carbonyl (C=O) groups excluding carboxylic acids is 1. The van der Waals surface area contributed by atoms with E-state index in [9.17, 15) is 26.4 Å². The second kappa shape index (κ2) is 7.28. The molecule has 0 aromatic heterocycles. The zero-order valence-electron chi connectivity index (χ0n) is 12.1. The Labute approximate surface area is 122 Å². The maximum atomic E-state index is 12.2. The summed E-state index contributed by atoms with van der Waals surface area (Å²) >= 11 is 0. The third kappa shape index (κ3) is 7.49. The summed E-state index contributed by atoms with van der Waals surface area (Å²) in [6, 6.07) is 0. The van der Waals surface area contributed by atoms with Gasteiger partial charge in [0.25, 0.3) is 0 Å². The maximum Gasteiger partial charge on any atom is 0.523 e. The van der Waals surface area contributed by atoms with Crippen LogP contribution in [0.15, 0.2) is 0 Å². The monoisotopic (exact) mass is 346 g/mol. The largest absolute Gasteiger partial charge is 0.523 e. The first-order chi connectivity index (χ1) is 9.30. The molecule has 0 bridgehead atoms. The first-order valence-corrected chi connectivity index (χ1v) is 10.8. The molecule has 21 heavy (non-hydrogen) atoms. The highest BCUT2D eigenvalue weighted by molar-refractivity contribution is 7.87. The second-order valence-electron chi connectivity index (χ2n) is 5.10. The van der Waals surface area contributed by atoms with E-state index in [2.05, 4.69) is 20.4 Å². The van der Waals surface area contributed by atoms with Gasteiger partial charge in [-0.2, -0.15) is 21.6 Å². The Morgan fingerprint density at radius 1 is 1.29 bits per heavy atom. The lowest BCUT2D eigenvalue weighted by Crippen LogP contribution is -2.34. The molecular weight excluding hydrogens is 329 g/mol. The van der Waals surface area contributed by atoms with Crippen molar-refractivity contribution in [2.75, 3.05) is 7.11 Å². The number of halogens is 3. The molecule has 10 heteroatoms. The van der Waals surface area contributed by atoms with Crippen LogP contribution in [-0.4, -0.2) is 41.2 Å². The zero-order chi connectivity index (χ0) is 16.9. The van der Waals surface area contributed by atoms with E-state index in [1.54, 1.807) is 0 Å². The van der Waals surface area contributed by atoms with Crippen LogP contribution in [0.1, 0.15) is 12.8 Å². The number of alkyl halides is 3. The molecule has 0 aliphatic carbocycles. The summed E-state index contributed by atoms with van der Waals surface area (Å²) < 4.78 is 66.6. The van der Waals surface area contributed by atoms with E-state index in [0.29, 0.717) is 0 Å². The molecule has 0 rings (SSSR count). The molecular formula is C11H17F3O5SSi. The normalized spacial score (nSPS) is 14.0. The number of rotatable bonds is 5. The average molecular weight is 346 g/mol. The smallest absolute Gasteiger partial charge is 0.467 e. The van der Waals surface area contributed by atoms with E-state index in [0.717, 1.165) is 7.11 Å². The fraction of sp³-hybridized carbons (Fsp3) is 0.727. The van der Waals surface area contributed by atoms with E-state index in [1.807, 2.05) is 19.6 Å². The van der Waals surface area contributed by atoms with Gasteiger partial charge in [-0.25, -0.2) is 8.98 Å². The van der Waals surface area contributed by atoms with Crippen molar-refractivity contribution >= 4 is 24.2 Å². The molecule has 0 saturated carbocycles. The Bertz CT molecular complexity index is 525. The molecule has 5 nitrogen and oxygen atoms in total. The van der Waals surface area contributed by atoms with Gasteiger partial charge in [0.05, 0.1) is 7.11 Å². The van der Waals surface area contributed by atoms with Gasteiger partial charge in [-0.3, -0.25) is 0 Å². The third-order valence-electron chi connectivity index (χ3n) is 1.99. The quantitative estimate of drug-likeness (QED) is 0.251. The van der Waals surface area contributed by atoms with Gasteiger partial charge in [-0.1, -0.05) is 19.6 Å². The summed E-state index contributed by atoms with van der Waals surface area (Å²) in [5, 5.41) is 0. The molecule has 0 saturated heterocycles. The predicted molar refractivity (Wildman–Crippen MR) is 72.2 cm³/mol. The van der Waals surface area contributed by atoms with Crippen molar-refractivity contribution in [1.82, 2.24) is 0 Å². The van der Waals surface area contributed by atoms with E-state index in [1.165, 1.54) is 0 Å². The van der Waals surface area contributed by atoms with Crippen LogP contribution < -0.4 is 0 Å². The molecule has 0 aliphatic rings. The van der Waals surface area contributed by atoms with E-state index >= 15 is 0 Å². The molecule has 0 aromatic carbocycles. The first-order valence-electron chi connectivity index (χ1n) is 5.87. The average Bonchev–Trinajstić information content (AvgIpc) is 2.29.